The molecule has 2 heterocycles. The molecule has 5 heteroatoms. The van der Waals surface area contributed by atoms with Crippen molar-refractivity contribution in [2.75, 3.05) is 36.9 Å². The molecule has 0 radical (unpaired) electrons. The highest BCUT2D eigenvalue weighted by Gasteiger charge is 2.16. The lowest BCUT2D eigenvalue weighted by Crippen LogP contribution is -2.36. The van der Waals surface area contributed by atoms with Gasteiger partial charge in [-0.3, -0.25) is 0 Å². The highest BCUT2D eigenvalue weighted by atomic mass is 16.5. The molecule has 0 bridgehead atoms. The van der Waals surface area contributed by atoms with Crippen LogP contribution in [0.2, 0.25) is 0 Å². The Balaban J connectivity index is 0.000000707. The molecule has 1 aromatic heterocycles. The van der Waals surface area contributed by atoms with Gasteiger partial charge in [-0.1, -0.05) is 70.2 Å². The minimum absolute atomic E-state index is 0.724. The number of aromatic nitrogens is 2. The maximum absolute atomic E-state index is 5.82. The molecule has 1 saturated heterocycles. The first kappa shape index (κ1) is 22.4. The van der Waals surface area contributed by atoms with Crippen LogP contribution in [0.3, 0.4) is 0 Å². The third-order valence-corrected chi connectivity index (χ3v) is 4.29. The van der Waals surface area contributed by atoms with Crippen molar-refractivity contribution in [3.63, 3.8) is 0 Å². The van der Waals surface area contributed by atoms with Gasteiger partial charge in [0.15, 0.2) is 5.82 Å². The summed E-state index contributed by atoms with van der Waals surface area (Å²) in [7, 11) is 0. The van der Waals surface area contributed by atoms with Crippen LogP contribution in [0.4, 0.5) is 11.5 Å². The van der Waals surface area contributed by atoms with Gasteiger partial charge in [0.05, 0.1) is 18.9 Å². The molecular weight excluding hydrogens is 360 g/mol. The molecule has 0 aliphatic carbocycles. The standard InChI is InChI=1S/C20H20N4O.2C2H6/c21-17-8-6-15(7-9-17)18-14-19(24-10-12-25-13-11-24)23-20(22-18)16-4-2-1-3-5-16;2*1-2/h1-9,14H,10-13,21H2;2*1-2H3. The van der Waals surface area contributed by atoms with E-state index in [2.05, 4.69) is 4.90 Å². The van der Waals surface area contributed by atoms with E-state index in [0.717, 1.165) is 60.5 Å². The first-order valence-corrected chi connectivity index (χ1v) is 10.4. The van der Waals surface area contributed by atoms with Crippen LogP contribution >= 0.6 is 0 Å². The molecule has 0 atom stereocenters. The first-order valence-electron chi connectivity index (χ1n) is 10.4. The van der Waals surface area contributed by atoms with Gasteiger partial charge < -0.3 is 15.4 Å². The predicted molar refractivity (Wildman–Crippen MR) is 123 cm³/mol. The second-order valence-corrected chi connectivity index (χ2v) is 6.02. The summed E-state index contributed by atoms with van der Waals surface area (Å²) in [5.74, 6) is 1.67. The molecule has 2 aromatic carbocycles. The van der Waals surface area contributed by atoms with E-state index in [0.29, 0.717) is 0 Å². The molecule has 0 unspecified atom stereocenters. The Bertz CT molecular complexity index is 845. The Hall–Kier alpha value is -2.92. The van der Waals surface area contributed by atoms with Crippen LogP contribution in [0.5, 0.6) is 0 Å². The van der Waals surface area contributed by atoms with Gasteiger partial charge in [0.1, 0.15) is 5.82 Å². The van der Waals surface area contributed by atoms with Gasteiger partial charge in [0.25, 0.3) is 0 Å². The molecule has 0 spiro atoms. The fraction of sp³-hybridized carbons (Fsp3) is 0.333. The summed E-state index contributed by atoms with van der Waals surface area (Å²) in [6.07, 6.45) is 0. The quantitative estimate of drug-likeness (QED) is 0.614. The monoisotopic (exact) mass is 392 g/mol. The van der Waals surface area contributed by atoms with Gasteiger partial charge in [-0.15, -0.1) is 0 Å². The highest BCUT2D eigenvalue weighted by molar-refractivity contribution is 5.69. The van der Waals surface area contributed by atoms with E-state index >= 15 is 0 Å². The Morgan fingerprint density at radius 1 is 0.793 bits per heavy atom. The van der Waals surface area contributed by atoms with Crippen molar-refractivity contribution >= 4 is 11.5 Å². The Labute approximate surface area is 174 Å². The van der Waals surface area contributed by atoms with Crippen molar-refractivity contribution in [3.8, 4) is 22.6 Å². The number of ether oxygens (including phenoxy) is 1. The number of nitrogen functional groups attached to an aromatic ring is 1. The molecule has 0 amide bonds. The molecule has 154 valence electrons. The zero-order chi connectivity index (χ0) is 21.1. The number of rotatable bonds is 3. The van der Waals surface area contributed by atoms with E-state index < -0.39 is 0 Å². The second kappa shape index (κ2) is 11.8. The molecule has 1 aliphatic rings. The number of hydrogen-bond donors (Lipinski definition) is 1. The molecule has 29 heavy (non-hydrogen) atoms. The average Bonchev–Trinajstić information content (AvgIpc) is 2.83. The van der Waals surface area contributed by atoms with E-state index in [9.17, 15) is 0 Å². The Morgan fingerprint density at radius 2 is 1.41 bits per heavy atom. The normalized spacial score (nSPS) is 12.9. The second-order valence-electron chi connectivity index (χ2n) is 6.02. The van der Waals surface area contributed by atoms with Crippen LogP contribution in [-0.4, -0.2) is 36.3 Å². The molecule has 4 rings (SSSR count). The molecule has 1 aliphatic heterocycles. The van der Waals surface area contributed by atoms with E-state index in [4.69, 9.17) is 20.4 Å². The number of anilines is 2. The van der Waals surface area contributed by atoms with Gasteiger partial charge in [-0.2, -0.15) is 0 Å². The summed E-state index contributed by atoms with van der Waals surface area (Å²) in [6, 6.07) is 19.9. The fourth-order valence-electron chi connectivity index (χ4n) is 2.91. The van der Waals surface area contributed by atoms with E-state index in [-0.39, 0.29) is 0 Å². The van der Waals surface area contributed by atoms with Gasteiger partial charge in [0, 0.05) is 36.0 Å². The zero-order valence-corrected chi connectivity index (χ0v) is 17.9. The van der Waals surface area contributed by atoms with Gasteiger partial charge in [0.2, 0.25) is 0 Å². The van der Waals surface area contributed by atoms with Crippen molar-refractivity contribution in [3.05, 3.63) is 60.7 Å². The summed E-state index contributed by atoms with van der Waals surface area (Å²) in [4.78, 5) is 11.8. The van der Waals surface area contributed by atoms with E-state index in [1.54, 1.807) is 0 Å². The number of hydrogen-bond acceptors (Lipinski definition) is 5. The lowest BCUT2D eigenvalue weighted by molar-refractivity contribution is 0.122. The lowest BCUT2D eigenvalue weighted by atomic mass is 10.1. The first-order chi connectivity index (χ1) is 14.3. The van der Waals surface area contributed by atoms with Crippen LogP contribution in [0.1, 0.15) is 27.7 Å². The molecule has 5 nitrogen and oxygen atoms in total. The fourth-order valence-corrected chi connectivity index (χ4v) is 2.91. The predicted octanol–water partition coefficient (Wildman–Crippen LogP) is 5.28. The van der Waals surface area contributed by atoms with E-state index in [1.165, 1.54) is 0 Å². The third-order valence-electron chi connectivity index (χ3n) is 4.29. The van der Waals surface area contributed by atoms with Crippen LogP contribution < -0.4 is 10.6 Å². The molecular formula is C24H32N4O. The number of benzene rings is 2. The van der Waals surface area contributed by atoms with Crippen molar-refractivity contribution in [1.29, 1.82) is 0 Å². The van der Waals surface area contributed by atoms with Crippen LogP contribution in [-0.2, 0) is 4.74 Å². The third kappa shape index (κ3) is 6.03. The number of nitrogens with zero attached hydrogens (tertiary/aromatic N) is 3. The average molecular weight is 393 g/mol. The maximum Gasteiger partial charge on any atom is 0.162 e. The summed E-state index contributed by atoms with van der Waals surface area (Å²) < 4.78 is 5.47. The maximum atomic E-state index is 5.82. The van der Waals surface area contributed by atoms with Gasteiger partial charge in [-0.05, 0) is 12.1 Å². The number of nitrogens with two attached hydrogens (primary N) is 1. The minimum Gasteiger partial charge on any atom is -0.399 e. The SMILES string of the molecule is CC.CC.Nc1ccc(-c2cc(N3CCOCC3)nc(-c3ccccc3)n2)cc1. The van der Waals surface area contributed by atoms with Crippen LogP contribution in [0.15, 0.2) is 60.7 Å². The van der Waals surface area contributed by atoms with Crippen LogP contribution in [0.25, 0.3) is 22.6 Å². The molecule has 1 fully saturated rings. The Morgan fingerprint density at radius 3 is 2.03 bits per heavy atom. The van der Waals surface area contributed by atoms with Crippen molar-refractivity contribution < 1.29 is 4.74 Å². The molecule has 0 saturated carbocycles. The topological polar surface area (TPSA) is 64.3 Å². The highest BCUT2D eigenvalue weighted by Crippen LogP contribution is 2.27. The van der Waals surface area contributed by atoms with Crippen molar-refractivity contribution in [1.82, 2.24) is 9.97 Å². The lowest BCUT2D eigenvalue weighted by Gasteiger charge is -2.28. The smallest absolute Gasteiger partial charge is 0.162 e. The zero-order valence-electron chi connectivity index (χ0n) is 17.9. The van der Waals surface area contributed by atoms with Gasteiger partial charge >= 0.3 is 0 Å². The van der Waals surface area contributed by atoms with Crippen LogP contribution in [0, 0.1) is 0 Å². The van der Waals surface area contributed by atoms with E-state index in [1.807, 2.05) is 88.4 Å². The largest absolute Gasteiger partial charge is 0.399 e. The van der Waals surface area contributed by atoms with Crippen molar-refractivity contribution in [2.45, 2.75) is 27.7 Å². The summed E-state index contributed by atoms with van der Waals surface area (Å²) in [6.45, 7) is 11.1. The summed E-state index contributed by atoms with van der Waals surface area (Å²) >= 11 is 0. The molecule has 3 aromatic rings. The summed E-state index contributed by atoms with van der Waals surface area (Å²) in [5.41, 5.74) is 9.50. The van der Waals surface area contributed by atoms with Crippen molar-refractivity contribution in [2.24, 2.45) is 0 Å². The minimum atomic E-state index is 0.724. The summed E-state index contributed by atoms with van der Waals surface area (Å²) in [5, 5.41) is 0. The number of morpholine rings is 1. The Kier molecular flexibility index (Phi) is 9.12. The molecule has 2 N–H and O–H groups in total. The van der Waals surface area contributed by atoms with Gasteiger partial charge in [-0.25, -0.2) is 9.97 Å².